The molecular weight excluding hydrogens is 260 g/mol. The van der Waals surface area contributed by atoms with Crippen LogP contribution in [0.4, 0.5) is 0 Å². The van der Waals surface area contributed by atoms with E-state index in [-0.39, 0.29) is 10.6 Å². The molecule has 0 radical (unpaired) electrons. The molecule has 0 fully saturated rings. The highest BCUT2D eigenvalue weighted by Gasteiger charge is 2.12. The summed E-state index contributed by atoms with van der Waals surface area (Å²) in [6, 6.07) is 10.3. The van der Waals surface area contributed by atoms with Gasteiger partial charge in [-0.2, -0.15) is 0 Å². The van der Waals surface area contributed by atoms with Gasteiger partial charge in [0.1, 0.15) is 5.02 Å². The minimum absolute atomic E-state index is 0.183. The molecule has 1 aromatic heterocycles. The van der Waals surface area contributed by atoms with Crippen LogP contribution in [0.2, 0.25) is 5.02 Å². The Morgan fingerprint density at radius 3 is 2.53 bits per heavy atom. The predicted molar refractivity (Wildman–Crippen MR) is 76.7 cm³/mol. The van der Waals surface area contributed by atoms with Crippen LogP contribution in [-0.2, 0) is 19.4 Å². The molecule has 4 rings (SSSR count). The lowest BCUT2D eigenvalue weighted by Crippen LogP contribution is -2.27. The van der Waals surface area contributed by atoms with E-state index in [1.54, 1.807) is 6.07 Å². The third-order valence-corrected chi connectivity index (χ3v) is 3.69. The third-order valence-electron chi connectivity index (χ3n) is 3.41. The van der Waals surface area contributed by atoms with Crippen molar-refractivity contribution in [3.8, 4) is 0 Å². The van der Waals surface area contributed by atoms with Crippen molar-refractivity contribution in [1.82, 2.24) is 10.3 Å². The van der Waals surface area contributed by atoms with Crippen LogP contribution in [0, 0.1) is 0 Å². The van der Waals surface area contributed by atoms with Crippen LogP contribution in [0.1, 0.15) is 22.4 Å². The van der Waals surface area contributed by atoms with E-state index in [1.165, 1.54) is 17.5 Å². The number of pyridine rings is 1. The maximum atomic E-state index is 11.1. The molecule has 0 saturated carbocycles. The summed E-state index contributed by atoms with van der Waals surface area (Å²) in [4.78, 5) is 13.9. The summed E-state index contributed by atoms with van der Waals surface area (Å²) in [6.45, 7) is 1.72. The number of hydrogen-bond acceptors (Lipinski definition) is 2. The molecule has 98 valence electrons. The van der Waals surface area contributed by atoms with E-state index in [0.29, 0.717) is 0 Å². The Labute approximate surface area is 116 Å². The summed E-state index contributed by atoms with van der Waals surface area (Å²) < 4.78 is 0. The zero-order valence-corrected chi connectivity index (χ0v) is 11.3. The zero-order chi connectivity index (χ0) is 13.2. The van der Waals surface area contributed by atoms with Gasteiger partial charge in [0.25, 0.3) is 5.56 Å². The SMILES string of the molecule is O=c1[nH]c2c(cc1Cl)CNCC2.c1ccc2c(c1)C2. The number of aromatic amines is 1. The van der Waals surface area contributed by atoms with Crippen LogP contribution in [0.3, 0.4) is 0 Å². The molecule has 2 aliphatic rings. The van der Waals surface area contributed by atoms with Crippen molar-refractivity contribution in [2.75, 3.05) is 6.54 Å². The molecule has 0 spiro atoms. The average molecular weight is 275 g/mol. The highest BCUT2D eigenvalue weighted by Crippen LogP contribution is 2.25. The minimum atomic E-state index is -0.183. The van der Waals surface area contributed by atoms with Crippen molar-refractivity contribution in [2.45, 2.75) is 19.4 Å². The van der Waals surface area contributed by atoms with Gasteiger partial charge in [-0.15, -0.1) is 0 Å². The van der Waals surface area contributed by atoms with Crippen molar-refractivity contribution in [3.05, 3.63) is 68.1 Å². The van der Waals surface area contributed by atoms with E-state index in [2.05, 4.69) is 34.6 Å². The molecule has 19 heavy (non-hydrogen) atoms. The first kappa shape index (κ1) is 12.5. The topological polar surface area (TPSA) is 44.9 Å². The molecule has 0 atom stereocenters. The van der Waals surface area contributed by atoms with Gasteiger partial charge in [0.2, 0.25) is 0 Å². The molecule has 0 bridgehead atoms. The van der Waals surface area contributed by atoms with E-state index < -0.39 is 0 Å². The second-order valence-electron chi connectivity index (χ2n) is 4.82. The maximum absolute atomic E-state index is 11.1. The third kappa shape index (κ3) is 2.88. The molecule has 0 amide bonds. The number of benzene rings is 1. The van der Waals surface area contributed by atoms with Crippen LogP contribution in [-0.4, -0.2) is 11.5 Å². The van der Waals surface area contributed by atoms with E-state index in [4.69, 9.17) is 11.6 Å². The van der Waals surface area contributed by atoms with Crippen LogP contribution >= 0.6 is 11.6 Å². The van der Waals surface area contributed by atoms with Crippen LogP contribution in [0.25, 0.3) is 0 Å². The molecule has 1 aliphatic heterocycles. The Hall–Kier alpha value is -1.58. The summed E-state index contributed by atoms with van der Waals surface area (Å²) >= 11 is 5.67. The van der Waals surface area contributed by atoms with Crippen LogP contribution < -0.4 is 10.9 Å². The standard InChI is InChI=1S/C8H9ClN2O.C7H6/c9-6-3-5-4-10-2-1-7(5)11-8(6)12;1-2-4-7-5-6(7)3-1/h3,10H,1-2,4H2,(H,11,12);1-4H,5H2. The summed E-state index contributed by atoms with van der Waals surface area (Å²) in [7, 11) is 0. The normalized spacial score (nSPS) is 14.8. The smallest absolute Gasteiger partial charge is 0.266 e. The van der Waals surface area contributed by atoms with Gasteiger partial charge in [-0.3, -0.25) is 4.79 Å². The van der Waals surface area contributed by atoms with E-state index in [1.807, 2.05) is 0 Å². The summed E-state index contributed by atoms with van der Waals surface area (Å²) in [5, 5.41) is 3.48. The number of halogens is 1. The Balaban J connectivity index is 0.000000132. The first-order chi connectivity index (χ1) is 9.24. The van der Waals surface area contributed by atoms with Crippen molar-refractivity contribution in [1.29, 1.82) is 0 Å². The molecule has 1 aliphatic carbocycles. The Kier molecular flexibility index (Phi) is 3.40. The van der Waals surface area contributed by atoms with Gasteiger partial charge in [-0.05, 0) is 29.2 Å². The fourth-order valence-electron chi connectivity index (χ4n) is 2.24. The highest BCUT2D eigenvalue weighted by atomic mass is 35.5. The molecule has 2 aromatic rings. The largest absolute Gasteiger partial charge is 0.325 e. The van der Waals surface area contributed by atoms with Gasteiger partial charge in [0.15, 0.2) is 0 Å². The summed E-state index contributed by atoms with van der Waals surface area (Å²) in [5.74, 6) is 0. The monoisotopic (exact) mass is 274 g/mol. The van der Waals surface area contributed by atoms with Crippen LogP contribution in [0.15, 0.2) is 35.1 Å². The number of fused-ring (bicyclic) bond motifs is 2. The first-order valence-corrected chi connectivity index (χ1v) is 6.80. The van der Waals surface area contributed by atoms with E-state index in [0.717, 1.165) is 30.8 Å². The van der Waals surface area contributed by atoms with Gasteiger partial charge in [-0.25, -0.2) is 0 Å². The van der Waals surface area contributed by atoms with Gasteiger partial charge >= 0.3 is 0 Å². The quantitative estimate of drug-likeness (QED) is 0.660. The second kappa shape index (κ2) is 5.19. The molecule has 2 heterocycles. The molecular formula is C15H15ClN2O. The number of hydrogen-bond donors (Lipinski definition) is 2. The molecule has 4 heteroatoms. The molecule has 0 saturated heterocycles. The Morgan fingerprint density at radius 2 is 1.84 bits per heavy atom. The van der Waals surface area contributed by atoms with Crippen molar-refractivity contribution < 1.29 is 0 Å². The fraction of sp³-hybridized carbons (Fsp3) is 0.267. The predicted octanol–water partition coefficient (Wildman–Crippen LogP) is 2.26. The Morgan fingerprint density at radius 1 is 1.11 bits per heavy atom. The van der Waals surface area contributed by atoms with Crippen molar-refractivity contribution >= 4 is 11.6 Å². The number of aromatic nitrogens is 1. The van der Waals surface area contributed by atoms with E-state index >= 15 is 0 Å². The highest BCUT2D eigenvalue weighted by molar-refractivity contribution is 6.30. The number of nitrogens with one attached hydrogen (secondary N) is 2. The fourth-order valence-corrected chi connectivity index (χ4v) is 2.42. The minimum Gasteiger partial charge on any atom is -0.325 e. The first-order valence-electron chi connectivity index (χ1n) is 6.42. The van der Waals surface area contributed by atoms with Crippen molar-refractivity contribution in [3.63, 3.8) is 0 Å². The lowest BCUT2D eigenvalue weighted by molar-refractivity contribution is 0.628. The Bertz CT molecular complexity index is 642. The second-order valence-corrected chi connectivity index (χ2v) is 5.23. The molecule has 0 unspecified atom stereocenters. The van der Waals surface area contributed by atoms with Gasteiger partial charge in [0, 0.05) is 25.2 Å². The van der Waals surface area contributed by atoms with E-state index in [9.17, 15) is 4.79 Å². The molecule has 3 nitrogen and oxygen atoms in total. The van der Waals surface area contributed by atoms with Crippen LogP contribution in [0.5, 0.6) is 0 Å². The summed E-state index contributed by atoms with van der Waals surface area (Å²) in [5.41, 5.74) is 5.00. The lowest BCUT2D eigenvalue weighted by atomic mass is 10.1. The lowest BCUT2D eigenvalue weighted by Gasteiger charge is -2.15. The summed E-state index contributed by atoms with van der Waals surface area (Å²) in [6.07, 6.45) is 2.12. The maximum Gasteiger partial charge on any atom is 0.266 e. The van der Waals surface area contributed by atoms with Gasteiger partial charge < -0.3 is 10.3 Å². The number of rotatable bonds is 0. The van der Waals surface area contributed by atoms with Gasteiger partial charge in [-0.1, -0.05) is 35.9 Å². The average Bonchev–Trinajstić information content (AvgIpc) is 3.20. The molecule has 1 aromatic carbocycles. The zero-order valence-electron chi connectivity index (χ0n) is 10.5. The van der Waals surface area contributed by atoms with Crippen molar-refractivity contribution in [2.24, 2.45) is 0 Å². The molecule has 2 N–H and O–H groups in total. The van der Waals surface area contributed by atoms with Gasteiger partial charge in [0.05, 0.1) is 0 Å². The number of H-pyrrole nitrogens is 1.